The highest BCUT2D eigenvalue weighted by molar-refractivity contribution is 5.41. The lowest BCUT2D eigenvalue weighted by Gasteiger charge is -2.13. The van der Waals surface area contributed by atoms with Crippen LogP contribution in [0.2, 0.25) is 0 Å². The summed E-state index contributed by atoms with van der Waals surface area (Å²) < 4.78 is 6.03. The third-order valence-electron chi connectivity index (χ3n) is 3.30. The topological polar surface area (TPSA) is 48.1 Å². The number of benzene rings is 1. The number of hydrogen-bond acceptors (Lipinski definition) is 3. The fraction of sp³-hybridized carbons (Fsp3) is 0.353. The van der Waals surface area contributed by atoms with Gasteiger partial charge >= 0.3 is 0 Å². The molecule has 1 heterocycles. The van der Waals surface area contributed by atoms with Gasteiger partial charge in [0, 0.05) is 5.69 Å². The van der Waals surface area contributed by atoms with Gasteiger partial charge in [-0.1, -0.05) is 19.1 Å². The summed E-state index contributed by atoms with van der Waals surface area (Å²) >= 11 is 0. The molecule has 0 radical (unpaired) electrons. The molecule has 0 aliphatic rings. The van der Waals surface area contributed by atoms with E-state index < -0.39 is 0 Å². The first kappa shape index (κ1) is 14.5. The molecule has 0 saturated carbocycles. The number of nitrogens with two attached hydrogens (primary N) is 1. The molecule has 20 heavy (non-hydrogen) atoms. The number of hydrogen-bond donors (Lipinski definition) is 1. The molecule has 0 atom stereocenters. The minimum atomic E-state index is 0.668. The van der Waals surface area contributed by atoms with Crippen molar-refractivity contribution in [3.05, 3.63) is 52.8 Å². The first-order valence-electron chi connectivity index (χ1n) is 7.08. The van der Waals surface area contributed by atoms with Crippen molar-refractivity contribution in [3.8, 4) is 11.5 Å². The predicted molar refractivity (Wildman–Crippen MR) is 82.4 cm³/mol. The highest BCUT2D eigenvalue weighted by Crippen LogP contribution is 2.28. The normalized spacial score (nSPS) is 10.6. The summed E-state index contributed by atoms with van der Waals surface area (Å²) in [5.74, 6) is 1.72. The molecule has 1 aromatic heterocycles. The summed E-state index contributed by atoms with van der Waals surface area (Å²) in [5, 5.41) is 0. The molecule has 0 saturated heterocycles. The van der Waals surface area contributed by atoms with Crippen LogP contribution in [0.25, 0.3) is 0 Å². The monoisotopic (exact) mass is 270 g/mol. The van der Waals surface area contributed by atoms with Gasteiger partial charge in [-0.3, -0.25) is 4.98 Å². The van der Waals surface area contributed by atoms with E-state index in [4.69, 9.17) is 10.5 Å². The van der Waals surface area contributed by atoms with Gasteiger partial charge in [0.05, 0.1) is 5.69 Å². The molecule has 0 spiro atoms. The van der Waals surface area contributed by atoms with Gasteiger partial charge in [0.2, 0.25) is 0 Å². The van der Waals surface area contributed by atoms with Crippen LogP contribution in [-0.4, -0.2) is 11.5 Å². The van der Waals surface area contributed by atoms with E-state index in [0.29, 0.717) is 6.54 Å². The van der Waals surface area contributed by atoms with Crippen LogP contribution in [-0.2, 0) is 12.8 Å². The number of rotatable bonds is 5. The highest BCUT2D eigenvalue weighted by Gasteiger charge is 2.08. The minimum absolute atomic E-state index is 0.668. The van der Waals surface area contributed by atoms with Crippen molar-refractivity contribution < 1.29 is 4.74 Å². The molecule has 0 unspecified atom stereocenters. The molecule has 2 N–H and O–H groups in total. The molecule has 0 aliphatic heterocycles. The maximum absolute atomic E-state index is 6.03. The standard InChI is InChI=1S/C17H22N2O/c1-4-15-17(7-5-13(3)19-15)20-16-8-6-14(9-10-18)11-12(16)2/h5-8,11H,4,9-10,18H2,1-3H3. The van der Waals surface area contributed by atoms with Crippen LogP contribution in [0.3, 0.4) is 0 Å². The van der Waals surface area contributed by atoms with Crippen LogP contribution >= 0.6 is 0 Å². The van der Waals surface area contributed by atoms with Gasteiger partial charge in [-0.25, -0.2) is 0 Å². The summed E-state index contributed by atoms with van der Waals surface area (Å²) in [6, 6.07) is 10.2. The number of aryl methyl sites for hydroxylation is 3. The summed E-state index contributed by atoms with van der Waals surface area (Å²) in [6.07, 6.45) is 1.76. The van der Waals surface area contributed by atoms with Crippen molar-refractivity contribution in [3.63, 3.8) is 0 Å². The summed E-state index contributed by atoms with van der Waals surface area (Å²) in [6.45, 7) is 6.81. The van der Waals surface area contributed by atoms with Crippen molar-refractivity contribution >= 4 is 0 Å². The number of ether oxygens (including phenoxy) is 1. The fourth-order valence-corrected chi connectivity index (χ4v) is 2.21. The quantitative estimate of drug-likeness (QED) is 0.903. The van der Waals surface area contributed by atoms with Gasteiger partial charge in [-0.2, -0.15) is 0 Å². The Morgan fingerprint density at radius 2 is 1.85 bits per heavy atom. The summed E-state index contributed by atoms with van der Waals surface area (Å²) in [4.78, 5) is 4.52. The Morgan fingerprint density at radius 3 is 2.50 bits per heavy atom. The molecular formula is C17H22N2O. The predicted octanol–water partition coefficient (Wildman–Crippen LogP) is 3.55. The number of nitrogens with zero attached hydrogens (tertiary/aromatic N) is 1. The smallest absolute Gasteiger partial charge is 0.148 e. The van der Waals surface area contributed by atoms with Crippen LogP contribution in [0.5, 0.6) is 11.5 Å². The molecule has 2 aromatic rings. The Labute approximate surface area is 120 Å². The lowest BCUT2D eigenvalue weighted by molar-refractivity contribution is 0.469. The number of pyridine rings is 1. The van der Waals surface area contributed by atoms with E-state index in [1.165, 1.54) is 5.56 Å². The average Bonchev–Trinajstić information content (AvgIpc) is 2.43. The van der Waals surface area contributed by atoms with Crippen LogP contribution in [0, 0.1) is 13.8 Å². The van der Waals surface area contributed by atoms with Gasteiger partial charge in [-0.15, -0.1) is 0 Å². The lowest BCUT2D eigenvalue weighted by atomic mass is 10.1. The van der Waals surface area contributed by atoms with Crippen molar-refractivity contribution in [2.75, 3.05) is 6.54 Å². The zero-order chi connectivity index (χ0) is 14.5. The molecule has 3 heteroatoms. The van der Waals surface area contributed by atoms with Gasteiger partial charge in [-0.05, 0) is 62.6 Å². The van der Waals surface area contributed by atoms with E-state index in [0.717, 1.165) is 41.3 Å². The van der Waals surface area contributed by atoms with Crippen LogP contribution in [0.1, 0.15) is 29.4 Å². The molecule has 0 amide bonds. The zero-order valence-electron chi connectivity index (χ0n) is 12.4. The molecule has 106 valence electrons. The fourth-order valence-electron chi connectivity index (χ4n) is 2.21. The van der Waals surface area contributed by atoms with E-state index >= 15 is 0 Å². The van der Waals surface area contributed by atoms with E-state index in [-0.39, 0.29) is 0 Å². The maximum atomic E-state index is 6.03. The average molecular weight is 270 g/mol. The summed E-state index contributed by atoms with van der Waals surface area (Å²) in [7, 11) is 0. The first-order chi connectivity index (χ1) is 9.63. The second-order valence-electron chi connectivity index (χ2n) is 4.99. The van der Waals surface area contributed by atoms with Gasteiger partial charge < -0.3 is 10.5 Å². The number of aromatic nitrogens is 1. The third-order valence-corrected chi connectivity index (χ3v) is 3.30. The Kier molecular flexibility index (Phi) is 4.74. The Morgan fingerprint density at radius 1 is 1.10 bits per heavy atom. The van der Waals surface area contributed by atoms with E-state index in [9.17, 15) is 0 Å². The molecule has 3 nitrogen and oxygen atoms in total. The van der Waals surface area contributed by atoms with Crippen molar-refractivity contribution in [2.45, 2.75) is 33.6 Å². The zero-order valence-corrected chi connectivity index (χ0v) is 12.4. The SMILES string of the molecule is CCc1nc(C)ccc1Oc1ccc(CCN)cc1C. The summed E-state index contributed by atoms with van der Waals surface area (Å²) in [5.41, 5.74) is 9.97. The Balaban J connectivity index is 2.26. The van der Waals surface area contributed by atoms with E-state index in [1.807, 2.05) is 25.1 Å². The Hall–Kier alpha value is -1.87. The Bertz CT molecular complexity index is 594. The molecular weight excluding hydrogens is 248 g/mol. The highest BCUT2D eigenvalue weighted by atomic mass is 16.5. The van der Waals surface area contributed by atoms with Gasteiger partial charge in [0.1, 0.15) is 11.5 Å². The van der Waals surface area contributed by atoms with Gasteiger partial charge in [0.25, 0.3) is 0 Å². The molecule has 2 rings (SSSR count). The van der Waals surface area contributed by atoms with Crippen LogP contribution in [0.15, 0.2) is 30.3 Å². The molecule has 0 aliphatic carbocycles. The van der Waals surface area contributed by atoms with Crippen LogP contribution in [0.4, 0.5) is 0 Å². The van der Waals surface area contributed by atoms with Crippen molar-refractivity contribution in [1.82, 2.24) is 4.98 Å². The second kappa shape index (κ2) is 6.53. The first-order valence-corrected chi connectivity index (χ1v) is 7.08. The van der Waals surface area contributed by atoms with Crippen molar-refractivity contribution in [2.24, 2.45) is 5.73 Å². The molecule has 1 aromatic carbocycles. The van der Waals surface area contributed by atoms with E-state index in [2.05, 4.69) is 31.0 Å². The lowest BCUT2D eigenvalue weighted by Crippen LogP contribution is -2.03. The second-order valence-corrected chi connectivity index (χ2v) is 4.99. The minimum Gasteiger partial charge on any atom is -0.455 e. The van der Waals surface area contributed by atoms with Crippen LogP contribution < -0.4 is 10.5 Å². The van der Waals surface area contributed by atoms with Crippen molar-refractivity contribution in [1.29, 1.82) is 0 Å². The largest absolute Gasteiger partial charge is 0.455 e. The molecule has 0 bridgehead atoms. The van der Waals surface area contributed by atoms with E-state index in [1.54, 1.807) is 0 Å². The third kappa shape index (κ3) is 3.36. The maximum Gasteiger partial charge on any atom is 0.148 e. The van der Waals surface area contributed by atoms with Gasteiger partial charge in [0.15, 0.2) is 0 Å². The molecule has 0 fully saturated rings.